The molecule has 2 N–H and O–H groups in total. The first-order chi connectivity index (χ1) is 13.6. The van der Waals surface area contributed by atoms with Crippen molar-refractivity contribution in [1.82, 2.24) is 5.32 Å². The number of rotatable bonds is 13. The van der Waals surface area contributed by atoms with Gasteiger partial charge in [0.15, 0.2) is 0 Å². The quantitative estimate of drug-likeness (QED) is 0.109. The normalized spacial score (nSPS) is 18.8. The van der Waals surface area contributed by atoms with Crippen LogP contribution in [-0.2, 0) is 11.2 Å². The summed E-state index contributed by atoms with van der Waals surface area (Å²) < 4.78 is 1.00. The van der Waals surface area contributed by atoms with Crippen LogP contribution >= 0.6 is 22.6 Å². The Kier molecular flexibility index (Phi) is 10.7. The lowest BCUT2D eigenvalue weighted by atomic mass is 9.95. The predicted octanol–water partition coefficient (Wildman–Crippen LogP) is 6.35. The van der Waals surface area contributed by atoms with Gasteiger partial charge in [0.2, 0.25) is 0 Å². The first-order valence-corrected chi connectivity index (χ1v) is 11.5. The lowest BCUT2D eigenvalue weighted by molar-refractivity contribution is -0.137. The summed E-state index contributed by atoms with van der Waals surface area (Å²) in [5.74, 6) is 0.102. The van der Waals surface area contributed by atoms with Gasteiger partial charge in [0.25, 0.3) is 0 Å². The smallest absolute Gasteiger partial charge is 0.303 e. The zero-order chi connectivity index (χ0) is 20.2. The molecule has 1 aliphatic rings. The van der Waals surface area contributed by atoms with Crippen LogP contribution in [0.25, 0.3) is 10.4 Å². The fourth-order valence-electron chi connectivity index (χ4n) is 4.10. The Morgan fingerprint density at radius 3 is 2.82 bits per heavy atom. The number of halogens is 1. The molecule has 6 nitrogen and oxygen atoms in total. The Morgan fingerprint density at radius 2 is 2.07 bits per heavy atom. The van der Waals surface area contributed by atoms with E-state index in [0.29, 0.717) is 18.2 Å². The molecule has 1 aromatic rings. The standard InChI is InChI=1S/C21H31IN4O2/c22-18-15-16(12-13-20(18)25-26-23)7-6-14-24-19-10-5-9-17(19)8-3-1-2-4-11-21(27)28/h12-13,15,17,19,24H,1-11,14H2,(H,27,28)/i22+0. The highest BCUT2D eigenvalue weighted by Crippen LogP contribution is 2.30. The van der Waals surface area contributed by atoms with Crippen LogP contribution < -0.4 is 5.32 Å². The van der Waals surface area contributed by atoms with Crippen LogP contribution in [0.2, 0.25) is 0 Å². The minimum atomic E-state index is -0.679. The molecule has 0 radical (unpaired) electrons. The summed E-state index contributed by atoms with van der Waals surface area (Å²) >= 11 is 2.22. The van der Waals surface area contributed by atoms with Gasteiger partial charge in [-0.1, -0.05) is 42.9 Å². The molecule has 2 atom stereocenters. The molecule has 154 valence electrons. The van der Waals surface area contributed by atoms with Crippen LogP contribution in [0, 0.1) is 9.49 Å². The van der Waals surface area contributed by atoms with Crippen molar-refractivity contribution < 1.29 is 9.90 Å². The number of benzene rings is 1. The van der Waals surface area contributed by atoms with Gasteiger partial charge in [-0.05, 0) is 90.7 Å². The van der Waals surface area contributed by atoms with Gasteiger partial charge in [-0.25, -0.2) is 0 Å². The van der Waals surface area contributed by atoms with Crippen LogP contribution in [-0.4, -0.2) is 23.7 Å². The third-order valence-electron chi connectivity index (χ3n) is 5.59. The zero-order valence-corrected chi connectivity index (χ0v) is 18.6. The monoisotopic (exact) mass is 498 g/mol. The molecule has 0 heterocycles. The second kappa shape index (κ2) is 13.0. The molecule has 0 spiro atoms. The number of hydrogen-bond acceptors (Lipinski definition) is 3. The SMILES string of the molecule is [N-]=[N+]=Nc1ccc(CCCNC2CCCC2CCCCCCC(=O)O)cc1[127I]. The summed E-state index contributed by atoms with van der Waals surface area (Å²) in [4.78, 5) is 13.4. The first kappa shape index (κ1) is 23.0. The number of carbonyl (C=O) groups is 1. The Bertz CT molecular complexity index is 676. The molecule has 7 heteroatoms. The maximum atomic E-state index is 10.5. The van der Waals surface area contributed by atoms with Crippen LogP contribution in [0.3, 0.4) is 0 Å². The summed E-state index contributed by atoms with van der Waals surface area (Å²) in [6, 6.07) is 6.70. The highest BCUT2D eigenvalue weighted by Gasteiger charge is 2.25. The second-order valence-corrected chi connectivity index (χ2v) is 8.84. The number of hydrogen-bond donors (Lipinski definition) is 2. The van der Waals surface area contributed by atoms with E-state index in [1.807, 2.05) is 6.07 Å². The molecule has 1 fully saturated rings. The van der Waals surface area contributed by atoms with Crippen molar-refractivity contribution in [2.24, 2.45) is 11.0 Å². The number of carboxylic acids is 1. The van der Waals surface area contributed by atoms with E-state index in [2.05, 4.69) is 50.1 Å². The maximum Gasteiger partial charge on any atom is 0.303 e. The van der Waals surface area contributed by atoms with Gasteiger partial charge in [0, 0.05) is 20.9 Å². The van der Waals surface area contributed by atoms with E-state index in [-0.39, 0.29) is 0 Å². The van der Waals surface area contributed by atoms with Crippen LogP contribution in [0.15, 0.2) is 23.3 Å². The van der Waals surface area contributed by atoms with E-state index in [0.717, 1.165) is 48.1 Å². The Balaban J connectivity index is 1.62. The van der Waals surface area contributed by atoms with Crippen LogP contribution in [0.4, 0.5) is 5.69 Å². The predicted molar refractivity (Wildman–Crippen MR) is 121 cm³/mol. The van der Waals surface area contributed by atoms with Gasteiger partial charge in [0.1, 0.15) is 0 Å². The van der Waals surface area contributed by atoms with E-state index < -0.39 is 5.97 Å². The van der Waals surface area contributed by atoms with Gasteiger partial charge < -0.3 is 10.4 Å². The summed E-state index contributed by atoms with van der Waals surface area (Å²) in [5.41, 5.74) is 10.5. The second-order valence-electron chi connectivity index (χ2n) is 7.68. The maximum absolute atomic E-state index is 10.5. The highest BCUT2D eigenvalue weighted by atomic mass is 127. The molecule has 0 bridgehead atoms. The highest BCUT2D eigenvalue weighted by molar-refractivity contribution is 14.1. The van der Waals surface area contributed by atoms with Gasteiger partial charge in [-0.15, -0.1) is 0 Å². The molecule has 0 amide bonds. The van der Waals surface area contributed by atoms with Crippen LogP contribution in [0.5, 0.6) is 0 Å². The van der Waals surface area contributed by atoms with Gasteiger partial charge in [-0.3, -0.25) is 4.79 Å². The molecule has 1 aliphatic carbocycles. The van der Waals surface area contributed by atoms with Crippen molar-refractivity contribution in [3.63, 3.8) is 0 Å². The fraction of sp³-hybridized carbons (Fsp3) is 0.667. The number of aryl methyl sites for hydroxylation is 1. The number of aliphatic carboxylic acids is 1. The Hall–Kier alpha value is -1.31. The van der Waals surface area contributed by atoms with Gasteiger partial charge in [0.05, 0.1) is 5.69 Å². The summed E-state index contributed by atoms with van der Waals surface area (Å²) in [6.45, 7) is 1.04. The molecule has 2 unspecified atom stereocenters. The minimum absolute atomic E-state index is 0.306. The van der Waals surface area contributed by atoms with E-state index in [9.17, 15) is 4.79 Å². The molecule has 0 aliphatic heterocycles. The van der Waals surface area contributed by atoms with E-state index in [1.165, 1.54) is 37.7 Å². The number of azide groups is 1. The molecular weight excluding hydrogens is 467 g/mol. The lowest BCUT2D eigenvalue weighted by Gasteiger charge is -2.21. The Morgan fingerprint density at radius 1 is 1.25 bits per heavy atom. The van der Waals surface area contributed by atoms with Crippen molar-refractivity contribution in [2.75, 3.05) is 6.54 Å². The summed E-state index contributed by atoms with van der Waals surface area (Å²) in [5, 5.41) is 16.1. The average Bonchev–Trinajstić information content (AvgIpc) is 3.11. The van der Waals surface area contributed by atoms with Crippen LogP contribution in [0.1, 0.15) is 69.8 Å². The largest absolute Gasteiger partial charge is 0.481 e. The third kappa shape index (κ3) is 8.37. The zero-order valence-electron chi connectivity index (χ0n) is 16.4. The molecule has 1 aromatic carbocycles. The van der Waals surface area contributed by atoms with Gasteiger partial charge >= 0.3 is 5.97 Å². The molecule has 0 aromatic heterocycles. The Labute approximate surface area is 181 Å². The molecule has 1 saturated carbocycles. The van der Waals surface area contributed by atoms with Crippen molar-refractivity contribution >= 4 is 34.2 Å². The number of carboxylic acid groups (broad SMARTS) is 1. The van der Waals surface area contributed by atoms with E-state index >= 15 is 0 Å². The third-order valence-corrected chi connectivity index (χ3v) is 6.45. The number of nitrogens with one attached hydrogen (secondary N) is 1. The molecular formula is C21H31IN4O2. The fourth-order valence-corrected chi connectivity index (χ4v) is 4.79. The topological polar surface area (TPSA) is 98.1 Å². The van der Waals surface area contributed by atoms with Crippen molar-refractivity contribution in [1.29, 1.82) is 0 Å². The average molecular weight is 498 g/mol. The molecule has 28 heavy (non-hydrogen) atoms. The number of unbranched alkanes of at least 4 members (excludes halogenated alkanes) is 3. The van der Waals surface area contributed by atoms with E-state index in [4.69, 9.17) is 10.6 Å². The van der Waals surface area contributed by atoms with Crippen molar-refractivity contribution in [2.45, 2.75) is 76.7 Å². The van der Waals surface area contributed by atoms with Crippen molar-refractivity contribution in [3.05, 3.63) is 37.8 Å². The van der Waals surface area contributed by atoms with Gasteiger partial charge in [-0.2, -0.15) is 0 Å². The molecule has 2 rings (SSSR count). The van der Waals surface area contributed by atoms with E-state index in [1.54, 1.807) is 0 Å². The summed E-state index contributed by atoms with van der Waals surface area (Å²) in [6.07, 6.45) is 11.9. The number of nitrogens with zero attached hydrogens (tertiary/aromatic N) is 3. The van der Waals surface area contributed by atoms with Crippen molar-refractivity contribution in [3.8, 4) is 0 Å². The molecule has 0 saturated heterocycles. The first-order valence-electron chi connectivity index (χ1n) is 10.4. The summed E-state index contributed by atoms with van der Waals surface area (Å²) in [7, 11) is 0. The minimum Gasteiger partial charge on any atom is -0.481 e. The lowest BCUT2D eigenvalue weighted by Crippen LogP contribution is -2.33.